The standard InChI is InChI=1S/C13H19ClN4O3/c1-13(2)8-20-6-4-18(13)11-15-10(14)16-12(17-11)21-9-3-5-19-7-9/h9H,3-8H2,1-2H3/t9-/m1/s1. The van der Waals surface area contributed by atoms with Gasteiger partial charge in [0, 0.05) is 13.0 Å². The van der Waals surface area contributed by atoms with E-state index in [2.05, 4.69) is 33.7 Å². The lowest BCUT2D eigenvalue weighted by Gasteiger charge is -2.42. The van der Waals surface area contributed by atoms with E-state index < -0.39 is 0 Å². The summed E-state index contributed by atoms with van der Waals surface area (Å²) in [6, 6.07) is 0.253. The third-order valence-corrected chi connectivity index (χ3v) is 3.79. The van der Waals surface area contributed by atoms with Crippen molar-refractivity contribution >= 4 is 17.5 Å². The lowest BCUT2D eigenvalue weighted by Crippen LogP contribution is -2.54. The summed E-state index contributed by atoms with van der Waals surface area (Å²) in [6.07, 6.45) is 0.816. The summed E-state index contributed by atoms with van der Waals surface area (Å²) < 4.78 is 16.5. The normalized spacial score (nSPS) is 25.1. The molecule has 0 amide bonds. The van der Waals surface area contributed by atoms with Crippen LogP contribution < -0.4 is 9.64 Å². The number of ether oxygens (including phenoxy) is 3. The molecule has 2 fully saturated rings. The number of halogens is 1. The number of rotatable bonds is 3. The molecule has 7 nitrogen and oxygen atoms in total. The molecule has 0 aromatic carbocycles. The van der Waals surface area contributed by atoms with E-state index in [0.29, 0.717) is 38.9 Å². The molecule has 2 aliphatic rings. The van der Waals surface area contributed by atoms with Crippen molar-refractivity contribution in [3.8, 4) is 6.01 Å². The average Bonchev–Trinajstić information content (AvgIpc) is 2.90. The highest BCUT2D eigenvalue weighted by Crippen LogP contribution is 2.26. The molecule has 0 saturated carbocycles. The van der Waals surface area contributed by atoms with E-state index in [1.807, 2.05) is 0 Å². The average molecular weight is 315 g/mol. The predicted octanol–water partition coefficient (Wildman–Crippen LogP) is 1.31. The number of morpholine rings is 1. The third-order valence-electron chi connectivity index (χ3n) is 3.62. The summed E-state index contributed by atoms with van der Waals surface area (Å²) in [5, 5.41) is 0.135. The van der Waals surface area contributed by atoms with E-state index in [1.54, 1.807) is 0 Å². The number of hydrogen-bond donors (Lipinski definition) is 0. The molecule has 0 bridgehead atoms. The van der Waals surface area contributed by atoms with Gasteiger partial charge in [-0.05, 0) is 25.4 Å². The van der Waals surface area contributed by atoms with E-state index in [1.165, 1.54) is 0 Å². The second kappa shape index (κ2) is 5.90. The molecule has 1 aromatic rings. The van der Waals surface area contributed by atoms with Crippen LogP contribution in [0.3, 0.4) is 0 Å². The van der Waals surface area contributed by atoms with Crippen molar-refractivity contribution in [3.05, 3.63) is 5.28 Å². The van der Waals surface area contributed by atoms with Crippen molar-refractivity contribution in [2.24, 2.45) is 0 Å². The Bertz CT molecular complexity index is 508. The molecule has 0 spiro atoms. The van der Waals surface area contributed by atoms with Crippen LogP contribution in [0.25, 0.3) is 0 Å². The molecule has 2 aliphatic heterocycles. The second-order valence-electron chi connectivity index (χ2n) is 5.81. The van der Waals surface area contributed by atoms with Crippen molar-refractivity contribution in [1.82, 2.24) is 15.0 Å². The van der Waals surface area contributed by atoms with Crippen LogP contribution in [0.2, 0.25) is 5.28 Å². The fraction of sp³-hybridized carbons (Fsp3) is 0.769. The first-order valence-electron chi connectivity index (χ1n) is 7.06. The van der Waals surface area contributed by atoms with Gasteiger partial charge in [-0.1, -0.05) is 0 Å². The quantitative estimate of drug-likeness (QED) is 0.833. The van der Waals surface area contributed by atoms with Crippen LogP contribution in [0.4, 0.5) is 5.95 Å². The summed E-state index contributed by atoms with van der Waals surface area (Å²) in [4.78, 5) is 14.8. The first-order chi connectivity index (χ1) is 10.0. The Kier molecular flexibility index (Phi) is 4.14. The maximum absolute atomic E-state index is 6.02. The minimum atomic E-state index is -0.198. The first-order valence-corrected chi connectivity index (χ1v) is 7.44. The molecular weight excluding hydrogens is 296 g/mol. The SMILES string of the molecule is CC1(C)COCCN1c1nc(Cl)nc(O[C@@H]2CCOC2)n1. The van der Waals surface area contributed by atoms with Crippen molar-refractivity contribution in [2.45, 2.75) is 31.9 Å². The Hall–Kier alpha value is -1.18. The van der Waals surface area contributed by atoms with Gasteiger partial charge in [0.25, 0.3) is 0 Å². The maximum Gasteiger partial charge on any atom is 0.322 e. The van der Waals surface area contributed by atoms with Crippen LogP contribution in [0.5, 0.6) is 6.01 Å². The Balaban J connectivity index is 1.82. The molecule has 0 radical (unpaired) electrons. The molecule has 3 rings (SSSR count). The molecular formula is C13H19ClN4O3. The monoisotopic (exact) mass is 314 g/mol. The lowest BCUT2D eigenvalue weighted by molar-refractivity contribution is 0.0631. The van der Waals surface area contributed by atoms with Gasteiger partial charge in [0.1, 0.15) is 6.10 Å². The summed E-state index contributed by atoms with van der Waals surface area (Å²) in [5.74, 6) is 0.525. The van der Waals surface area contributed by atoms with Crippen LogP contribution in [0, 0.1) is 0 Å². The van der Waals surface area contributed by atoms with Crippen molar-refractivity contribution in [2.75, 3.05) is 37.9 Å². The smallest absolute Gasteiger partial charge is 0.322 e. The zero-order valence-electron chi connectivity index (χ0n) is 12.2. The summed E-state index contributed by atoms with van der Waals surface area (Å²) >= 11 is 6.02. The van der Waals surface area contributed by atoms with Gasteiger partial charge >= 0.3 is 6.01 Å². The van der Waals surface area contributed by atoms with Crippen LogP contribution in [-0.2, 0) is 9.47 Å². The zero-order chi connectivity index (χ0) is 14.9. The van der Waals surface area contributed by atoms with Crippen LogP contribution in [-0.4, -0.2) is 59.6 Å². The van der Waals surface area contributed by atoms with Crippen LogP contribution >= 0.6 is 11.6 Å². The molecule has 116 valence electrons. The Morgan fingerprint density at radius 3 is 2.81 bits per heavy atom. The summed E-state index contributed by atoms with van der Waals surface area (Å²) in [5.41, 5.74) is -0.198. The van der Waals surface area contributed by atoms with Gasteiger partial charge in [0.05, 0.1) is 32.0 Å². The van der Waals surface area contributed by atoms with Gasteiger partial charge < -0.3 is 19.1 Å². The first kappa shape index (κ1) is 14.7. The van der Waals surface area contributed by atoms with Gasteiger partial charge in [-0.2, -0.15) is 15.0 Å². The largest absolute Gasteiger partial charge is 0.457 e. The minimum absolute atomic E-state index is 0.0194. The van der Waals surface area contributed by atoms with Crippen molar-refractivity contribution < 1.29 is 14.2 Å². The van der Waals surface area contributed by atoms with E-state index in [4.69, 9.17) is 25.8 Å². The predicted molar refractivity (Wildman–Crippen MR) is 76.9 cm³/mol. The Labute approximate surface area is 128 Å². The highest BCUT2D eigenvalue weighted by molar-refractivity contribution is 6.28. The summed E-state index contributed by atoms with van der Waals surface area (Å²) in [7, 11) is 0. The molecule has 1 atom stereocenters. The molecule has 0 unspecified atom stereocenters. The Morgan fingerprint density at radius 1 is 1.24 bits per heavy atom. The fourth-order valence-electron chi connectivity index (χ4n) is 2.48. The molecule has 0 N–H and O–H groups in total. The molecule has 2 saturated heterocycles. The van der Waals surface area contributed by atoms with Gasteiger partial charge in [0.2, 0.25) is 11.2 Å². The molecule has 21 heavy (non-hydrogen) atoms. The highest BCUT2D eigenvalue weighted by atomic mass is 35.5. The molecule has 3 heterocycles. The van der Waals surface area contributed by atoms with E-state index >= 15 is 0 Å². The van der Waals surface area contributed by atoms with E-state index in [0.717, 1.165) is 6.42 Å². The molecule has 0 aliphatic carbocycles. The Morgan fingerprint density at radius 2 is 2.10 bits per heavy atom. The van der Waals surface area contributed by atoms with Gasteiger partial charge in [-0.15, -0.1) is 0 Å². The highest BCUT2D eigenvalue weighted by Gasteiger charge is 2.33. The van der Waals surface area contributed by atoms with Crippen molar-refractivity contribution in [1.29, 1.82) is 0 Å². The number of hydrogen-bond acceptors (Lipinski definition) is 7. The van der Waals surface area contributed by atoms with Crippen LogP contribution in [0.1, 0.15) is 20.3 Å². The van der Waals surface area contributed by atoms with E-state index in [9.17, 15) is 0 Å². The molecule has 8 heteroatoms. The van der Waals surface area contributed by atoms with Gasteiger partial charge in [-0.3, -0.25) is 0 Å². The zero-order valence-corrected chi connectivity index (χ0v) is 13.0. The van der Waals surface area contributed by atoms with Crippen LogP contribution in [0.15, 0.2) is 0 Å². The topological polar surface area (TPSA) is 69.6 Å². The van der Waals surface area contributed by atoms with Crippen molar-refractivity contribution in [3.63, 3.8) is 0 Å². The van der Waals surface area contributed by atoms with E-state index in [-0.39, 0.29) is 22.9 Å². The maximum atomic E-state index is 6.02. The number of aromatic nitrogens is 3. The fourth-order valence-corrected chi connectivity index (χ4v) is 2.63. The third kappa shape index (κ3) is 3.36. The molecule has 1 aromatic heterocycles. The van der Waals surface area contributed by atoms with Gasteiger partial charge in [-0.25, -0.2) is 0 Å². The summed E-state index contributed by atoms with van der Waals surface area (Å²) in [6.45, 7) is 7.38. The minimum Gasteiger partial charge on any atom is -0.457 e. The van der Waals surface area contributed by atoms with Gasteiger partial charge in [0.15, 0.2) is 0 Å². The number of nitrogens with zero attached hydrogens (tertiary/aromatic N) is 4. The number of anilines is 1. The lowest BCUT2D eigenvalue weighted by atomic mass is 10.0. The second-order valence-corrected chi connectivity index (χ2v) is 6.15.